The molecule has 3 nitrogen and oxygen atoms in total. The lowest BCUT2D eigenvalue weighted by Crippen LogP contribution is -2.25. The zero-order valence-corrected chi connectivity index (χ0v) is 5.65. The maximum absolute atomic E-state index is 10.00. The van der Waals surface area contributed by atoms with Gasteiger partial charge in [0.05, 0.1) is 5.75 Å². The van der Waals surface area contributed by atoms with Crippen molar-refractivity contribution in [1.29, 1.82) is 0 Å². The van der Waals surface area contributed by atoms with Crippen LogP contribution in [-0.2, 0) is 11.1 Å². The molecular weight excluding hydrogens is 126 g/mol. The van der Waals surface area contributed by atoms with Crippen LogP contribution in [0.2, 0.25) is 0 Å². The first-order valence-corrected chi connectivity index (χ1v) is 3.77. The summed E-state index contributed by atoms with van der Waals surface area (Å²) in [5, 5.41) is 0. The summed E-state index contributed by atoms with van der Waals surface area (Å²) >= 11 is -1.72. The summed E-state index contributed by atoms with van der Waals surface area (Å²) < 4.78 is 18.2. The van der Waals surface area contributed by atoms with Gasteiger partial charge in [-0.2, -0.15) is 0 Å². The minimum atomic E-state index is -1.72. The largest absolute Gasteiger partial charge is 0.327 e. The molecule has 2 unspecified atom stereocenters. The molecule has 50 valence electrons. The minimum absolute atomic E-state index is 0.124. The lowest BCUT2D eigenvalue weighted by atomic mass is 10.3. The van der Waals surface area contributed by atoms with E-state index in [1.807, 2.05) is 6.92 Å². The molecule has 0 heterocycles. The van der Waals surface area contributed by atoms with Gasteiger partial charge >= 0.3 is 0 Å². The van der Waals surface area contributed by atoms with Gasteiger partial charge in [0.15, 0.2) is 11.1 Å². The topological polar surface area (TPSA) is 63.3 Å². The fourth-order valence-electron chi connectivity index (χ4n) is 0.301. The van der Waals surface area contributed by atoms with Gasteiger partial charge in [-0.05, 0) is 6.42 Å². The van der Waals surface area contributed by atoms with Gasteiger partial charge < -0.3 is 10.3 Å². The van der Waals surface area contributed by atoms with Crippen molar-refractivity contribution in [3.63, 3.8) is 0 Å². The van der Waals surface area contributed by atoms with Gasteiger partial charge in [0.2, 0.25) is 0 Å². The van der Waals surface area contributed by atoms with E-state index in [2.05, 4.69) is 0 Å². The number of hydrogen-bond donors (Lipinski definition) is 2. The molecule has 0 aliphatic heterocycles. The molecule has 0 saturated carbocycles. The average Bonchev–Trinajstić information content (AvgIpc) is 1.65. The maximum atomic E-state index is 10.00. The fourth-order valence-corrected chi connectivity index (χ4v) is 0.903. The van der Waals surface area contributed by atoms with E-state index in [0.29, 0.717) is 0 Å². The Balaban J connectivity index is 3.24. The molecule has 0 aromatic rings. The average molecular weight is 137 g/mol. The molecule has 2 atom stereocenters. The fraction of sp³-hybridized carbons (Fsp3) is 1.00. The van der Waals surface area contributed by atoms with Crippen molar-refractivity contribution in [2.45, 2.75) is 19.4 Å². The summed E-state index contributed by atoms with van der Waals surface area (Å²) in [7, 11) is 0. The van der Waals surface area contributed by atoms with Crippen molar-refractivity contribution in [1.82, 2.24) is 0 Å². The Morgan fingerprint density at radius 1 is 1.88 bits per heavy atom. The van der Waals surface area contributed by atoms with Crippen LogP contribution >= 0.6 is 0 Å². The first-order chi connectivity index (χ1) is 3.66. The van der Waals surface area contributed by atoms with Crippen molar-refractivity contribution in [2.75, 3.05) is 5.75 Å². The lowest BCUT2D eigenvalue weighted by Gasteiger charge is -2.02. The van der Waals surface area contributed by atoms with E-state index in [1.54, 1.807) is 0 Å². The Labute approximate surface area is 51.6 Å². The predicted octanol–water partition coefficient (Wildman–Crippen LogP) is -0.0546. The second-order valence-electron chi connectivity index (χ2n) is 1.66. The van der Waals surface area contributed by atoms with Crippen molar-refractivity contribution in [3.05, 3.63) is 0 Å². The lowest BCUT2D eigenvalue weighted by molar-refractivity contribution is 0.553. The summed E-state index contributed by atoms with van der Waals surface area (Å²) in [5.41, 5.74) is 5.32. The summed E-state index contributed by atoms with van der Waals surface area (Å²) in [4.78, 5) is 0. The third kappa shape index (κ3) is 4.23. The Hall–Kier alpha value is 0.0700. The number of nitrogens with two attached hydrogens (primary N) is 1. The molecule has 4 heteroatoms. The first kappa shape index (κ1) is 8.07. The van der Waals surface area contributed by atoms with Crippen LogP contribution in [0.25, 0.3) is 0 Å². The highest BCUT2D eigenvalue weighted by Crippen LogP contribution is 1.86. The van der Waals surface area contributed by atoms with Crippen molar-refractivity contribution >= 4 is 11.1 Å². The smallest absolute Gasteiger partial charge is 0.154 e. The van der Waals surface area contributed by atoms with E-state index in [1.165, 1.54) is 0 Å². The van der Waals surface area contributed by atoms with E-state index in [0.717, 1.165) is 6.42 Å². The Kier molecular flexibility index (Phi) is 4.03. The minimum Gasteiger partial charge on any atom is -0.327 e. The molecule has 0 rings (SSSR count). The highest BCUT2D eigenvalue weighted by atomic mass is 32.2. The third-order valence-electron chi connectivity index (χ3n) is 0.881. The molecule has 8 heavy (non-hydrogen) atoms. The van der Waals surface area contributed by atoms with Crippen LogP contribution < -0.4 is 5.73 Å². The number of hydrogen-bond acceptors (Lipinski definition) is 2. The van der Waals surface area contributed by atoms with Gasteiger partial charge in [-0.3, -0.25) is 0 Å². The van der Waals surface area contributed by atoms with Crippen molar-refractivity contribution in [3.8, 4) is 0 Å². The Morgan fingerprint density at radius 2 is 2.38 bits per heavy atom. The van der Waals surface area contributed by atoms with E-state index in [9.17, 15) is 4.21 Å². The second-order valence-corrected chi connectivity index (χ2v) is 2.63. The van der Waals surface area contributed by atoms with Gasteiger partial charge in [0.1, 0.15) is 0 Å². The quantitative estimate of drug-likeness (QED) is 0.536. The Morgan fingerprint density at radius 3 is 2.50 bits per heavy atom. The highest BCUT2D eigenvalue weighted by molar-refractivity contribution is 7.79. The molecule has 0 aliphatic carbocycles. The van der Waals surface area contributed by atoms with Crippen molar-refractivity contribution in [2.24, 2.45) is 5.73 Å². The molecular formula is C4H11NO2S. The van der Waals surface area contributed by atoms with E-state index >= 15 is 0 Å². The summed E-state index contributed by atoms with van der Waals surface area (Å²) in [6.45, 7) is 1.89. The maximum Gasteiger partial charge on any atom is 0.154 e. The summed E-state index contributed by atoms with van der Waals surface area (Å²) in [6, 6.07) is -0.124. The summed E-state index contributed by atoms with van der Waals surface area (Å²) in [5.74, 6) is 0.191. The van der Waals surface area contributed by atoms with Gasteiger partial charge in [-0.15, -0.1) is 0 Å². The zero-order chi connectivity index (χ0) is 6.57. The van der Waals surface area contributed by atoms with E-state index < -0.39 is 11.1 Å². The van der Waals surface area contributed by atoms with Gasteiger partial charge in [-0.25, -0.2) is 4.21 Å². The zero-order valence-electron chi connectivity index (χ0n) is 4.83. The normalized spacial score (nSPS) is 17.9. The molecule has 0 fully saturated rings. The monoisotopic (exact) mass is 137 g/mol. The standard InChI is InChI=1S/C4H11NO2S/c1-2-4(5)3-8(6)7/h4H,2-3,5H2,1H3,(H,6,7). The molecule has 0 bridgehead atoms. The van der Waals surface area contributed by atoms with Gasteiger partial charge in [-0.1, -0.05) is 6.92 Å². The van der Waals surface area contributed by atoms with E-state index in [4.69, 9.17) is 10.3 Å². The van der Waals surface area contributed by atoms with Crippen LogP contribution in [0.1, 0.15) is 13.3 Å². The second kappa shape index (κ2) is 4.00. The summed E-state index contributed by atoms with van der Waals surface area (Å²) in [6.07, 6.45) is 0.756. The van der Waals surface area contributed by atoms with Gasteiger partial charge in [0.25, 0.3) is 0 Å². The molecule has 3 N–H and O–H groups in total. The van der Waals surface area contributed by atoms with E-state index in [-0.39, 0.29) is 11.8 Å². The van der Waals surface area contributed by atoms with Crippen LogP contribution in [0.4, 0.5) is 0 Å². The van der Waals surface area contributed by atoms with Crippen molar-refractivity contribution < 1.29 is 8.76 Å². The van der Waals surface area contributed by atoms with Crippen LogP contribution in [0, 0.1) is 0 Å². The molecule has 0 spiro atoms. The van der Waals surface area contributed by atoms with Crippen LogP contribution in [-0.4, -0.2) is 20.6 Å². The molecule has 0 aromatic heterocycles. The van der Waals surface area contributed by atoms with Crippen LogP contribution in [0.3, 0.4) is 0 Å². The molecule has 0 aliphatic rings. The molecule has 0 amide bonds. The molecule has 0 saturated heterocycles. The van der Waals surface area contributed by atoms with Gasteiger partial charge in [0, 0.05) is 6.04 Å². The van der Waals surface area contributed by atoms with Crippen LogP contribution in [0.5, 0.6) is 0 Å². The molecule has 0 radical (unpaired) electrons. The van der Waals surface area contributed by atoms with Crippen LogP contribution in [0.15, 0.2) is 0 Å². The SMILES string of the molecule is CCC(N)CS(=O)O. The Bertz CT molecular complexity index is 86.1. The predicted molar refractivity (Wildman–Crippen MR) is 33.9 cm³/mol. The third-order valence-corrected chi connectivity index (χ3v) is 1.59. The molecule has 0 aromatic carbocycles. The highest BCUT2D eigenvalue weighted by Gasteiger charge is 2.00. The first-order valence-electron chi connectivity index (χ1n) is 2.49. The number of rotatable bonds is 3.